The van der Waals surface area contributed by atoms with Crippen molar-refractivity contribution in [3.8, 4) is 17.2 Å². The average molecular weight is 539 g/mol. The van der Waals surface area contributed by atoms with Crippen LogP contribution in [0.2, 0.25) is 5.02 Å². The minimum absolute atomic E-state index is 0.0706. The fraction of sp³-hybridized carbons (Fsp3) is 0.321. The van der Waals surface area contributed by atoms with Crippen LogP contribution in [0.1, 0.15) is 33.6 Å². The molecule has 1 saturated heterocycles. The molecule has 9 nitrogen and oxygen atoms in total. The van der Waals surface area contributed by atoms with Crippen molar-refractivity contribution in [1.29, 1.82) is 0 Å². The second-order valence-electron chi connectivity index (χ2n) is 9.82. The van der Waals surface area contributed by atoms with Crippen LogP contribution in [0.25, 0.3) is 0 Å². The van der Waals surface area contributed by atoms with E-state index in [0.29, 0.717) is 59.6 Å². The van der Waals surface area contributed by atoms with Gasteiger partial charge in [-0.15, -0.1) is 0 Å². The standard InChI is InChI=1S/C28H31ClN4O5/c1-28(2,3)38-27(35)33-16-12-23(13-17-33)37-25-9-6-20(18-24(25)29)32-26(34)31-19-4-7-21(8-5-19)36-22-10-14-30-15-11-22/h4-11,14-15,18,23H,12-13,16-17H2,1-3H3,(H2,31,32,34). The number of nitrogens with zero attached hydrogens (tertiary/aromatic N) is 2. The molecule has 0 aliphatic carbocycles. The van der Waals surface area contributed by atoms with Crippen LogP contribution in [0.15, 0.2) is 67.0 Å². The molecule has 0 bridgehead atoms. The fourth-order valence-corrected chi connectivity index (χ4v) is 4.00. The number of hydrogen-bond donors (Lipinski definition) is 2. The van der Waals surface area contributed by atoms with Crippen molar-refractivity contribution >= 4 is 35.1 Å². The molecule has 3 aromatic rings. The highest BCUT2D eigenvalue weighted by Gasteiger charge is 2.28. The van der Waals surface area contributed by atoms with Gasteiger partial charge in [0.05, 0.1) is 5.02 Å². The summed E-state index contributed by atoms with van der Waals surface area (Å²) in [5.74, 6) is 1.84. The van der Waals surface area contributed by atoms with Gasteiger partial charge in [0.15, 0.2) is 0 Å². The largest absolute Gasteiger partial charge is 0.489 e. The molecule has 0 spiro atoms. The van der Waals surface area contributed by atoms with Crippen molar-refractivity contribution in [3.63, 3.8) is 0 Å². The Bertz CT molecular complexity index is 1240. The number of amides is 3. The van der Waals surface area contributed by atoms with E-state index in [2.05, 4.69) is 15.6 Å². The number of ether oxygens (including phenoxy) is 3. The molecular weight excluding hydrogens is 508 g/mol. The number of benzene rings is 2. The number of carbonyl (C=O) groups is 2. The lowest BCUT2D eigenvalue weighted by atomic mass is 10.1. The first kappa shape index (κ1) is 27.1. The maximum absolute atomic E-state index is 12.5. The Kier molecular flexibility index (Phi) is 8.58. The topological polar surface area (TPSA) is 102 Å². The van der Waals surface area contributed by atoms with Crippen LogP contribution >= 0.6 is 11.6 Å². The van der Waals surface area contributed by atoms with Crippen LogP contribution in [0, 0.1) is 0 Å². The third kappa shape index (κ3) is 8.01. The molecule has 0 saturated carbocycles. The lowest BCUT2D eigenvalue weighted by Gasteiger charge is -2.33. The number of nitrogens with one attached hydrogen (secondary N) is 2. The second-order valence-corrected chi connectivity index (χ2v) is 10.2. The highest BCUT2D eigenvalue weighted by atomic mass is 35.5. The number of aromatic nitrogens is 1. The zero-order valence-electron chi connectivity index (χ0n) is 21.6. The maximum atomic E-state index is 12.5. The first-order valence-corrected chi connectivity index (χ1v) is 12.7. The van der Waals surface area contributed by atoms with E-state index in [1.165, 1.54) is 0 Å². The van der Waals surface area contributed by atoms with Gasteiger partial charge in [-0.05, 0) is 75.4 Å². The molecule has 2 heterocycles. The molecule has 4 rings (SSSR count). The minimum atomic E-state index is -0.523. The summed E-state index contributed by atoms with van der Waals surface area (Å²) in [5, 5.41) is 5.93. The molecule has 2 N–H and O–H groups in total. The van der Waals surface area contributed by atoms with E-state index in [0.717, 1.165) is 0 Å². The summed E-state index contributed by atoms with van der Waals surface area (Å²) in [5.41, 5.74) is 0.607. The molecule has 1 aromatic heterocycles. The molecule has 200 valence electrons. The molecule has 1 aliphatic heterocycles. The van der Waals surface area contributed by atoms with Gasteiger partial charge in [0.25, 0.3) is 0 Å². The van der Waals surface area contributed by atoms with Gasteiger partial charge in [0, 0.05) is 49.7 Å². The summed E-state index contributed by atoms with van der Waals surface area (Å²) >= 11 is 6.43. The molecule has 3 amide bonds. The molecule has 0 radical (unpaired) electrons. The van der Waals surface area contributed by atoms with Crippen molar-refractivity contribution in [2.75, 3.05) is 23.7 Å². The van der Waals surface area contributed by atoms with Gasteiger partial charge in [-0.3, -0.25) is 4.98 Å². The van der Waals surface area contributed by atoms with Crippen molar-refractivity contribution in [2.24, 2.45) is 0 Å². The Labute approximate surface area is 227 Å². The van der Waals surface area contributed by atoms with Gasteiger partial charge in [-0.25, -0.2) is 9.59 Å². The first-order valence-electron chi connectivity index (χ1n) is 12.3. The minimum Gasteiger partial charge on any atom is -0.489 e. The molecular formula is C28H31ClN4O5. The van der Waals surface area contributed by atoms with E-state index in [4.69, 9.17) is 25.8 Å². The zero-order chi connectivity index (χ0) is 27.1. The summed E-state index contributed by atoms with van der Waals surface area (Å²) in [6.07, 6.45) is 4.26. The van der Waals surface area contributed by atoms with Gasteiger partial charge in [-0.1, -0.05) is 11.6 Å². The van der Waals surface area contributed by atoms with Crippen LogP contribution in [0.5, 0.6) is 17.2 Å². The van der Waals surface area contributed by atoms with E-state index in [1.807, 2.05) is 20.8 Å². The first-order chi connectivity index (χ1) is 18.1. The molecule has 10 heteroatoms. The van der Waals surface area contributed by atoms with E-state index in [-0.39, 0.29) is 12.2 Å². The fourth-order valence-electron chi connectivity index (χ4n) is 3.78. The smallest absolute Gasteiger partial charge is 0.410 e. The molecule has 0 atom stereocenters. The number of anilines is 2. The van der Waals surface area contributed by atoms with E-state index >= 15 is 0 Å². The molecule has 38 heavy (non-hydrogen) atoms. The number of likely N-dealkylation sites (tertiary alicyclic amines) is 1. The van der Waals surface area contributed by atoms with Crippen LogP contribution in [0.4, 0.5) is 21.0 Å². The monoisotopic (exact) mass is 538 g/mol. The quantitative estimate of drug-likeness (QED) is 0.352. The predicted octanol–water partition coefficient (Wildman–Crippen LogP) is 6.95. The second kappa shape index (κ2) is 12.0. The number of urea groups is 1. The summed E-state index contributed by atoms with van der Waals surface area (Å²) in [4.78, 5) is 30.4. The lowest BCUT2D eigenvalue weighted by molar-refractivity contribution is 0.0126. The third-order valence-corrected chi connectivity index (χ3v) is 5.87. The Balaban J connectivity index is 1.24. The number of halogens is 1. The van der Waals surface area contributed by atoms with Gasteiger partial charge < -0.3 is 29.7 Å². The normalized spacial score (nSPS) is 13.9. The highest BCUT2D eigenvalue weighted by molar-refractivity contribution is 6.32. The van der Waals surface area contributed by atoms with Crippen molar-refractivity contribution in [3.05, 3.63) is 72.0 Å². The number of hydrogen-bond acceptors (Lipinski definition) is 6. The highest BCUT2D eigenvalue weighted by Crippen LogP contribution is 2.30. The van der Waals surface area contributed by atoms with Crippen molar-refractivity contribution in [2.45, 2.75) is 45.3 Å². The Morgan fingerprint density at radius 2 is 1.53 bits per heavy atom. The number of piperidine rings is 1. The molecule has 2 aromatic carbocycles. The van der Waals surface area contributed by atoms with Crippen LogP contribution < -0.4 is 20.1 Å². The SMILES string of the molecule is CC(C)(C)OC(=O)N1CCC(Oc2ccc(NC(=O)Nc3ccc(Oc4ccncc4)cc3)cc2Cl)CC1. The zero-order valence-corrected chi connectivity index (χ0v) is 22.3. The molecule has 1 fully saturated rings. The Morgan fingerprint density at radius 1 is 0.921 bits per heavy atom. The van der Waals surface area contributed by atoms with Gasteiger partial charge in [0.1, 0.15) is 29.0 Å². The van der Waals surface area contributed by atoms with Crippen LogP contribution in [0.3, 0.4) is 0 Å². The van der Waals surface area contributed by atoms with E-state index in [9.17, 15) is 9.59 Å². The number of rotatable bonds is 6. The van der Waals surface area contributed by atoms with Crippen molar-refractivity contribution < 1.29 is 23.8 Å². The maximum Gasteiger partial charge on any atom is 0.410 e. The average Bonchev–Trinajstić information content (AvgIpc) is 2.87. The number of pyridine rings is 1. The molecule has 1 aliphatic rings. The Morgan fingerprint density at radius 3 is 2.16 bits per heavy atom. The van der Waals surface area contributed by atoms with Gasteiger partial charge in [0.2, 0.25) is 0 Å². The predicted molar refractivity (Wildman–Crippen MR) is 146 cm³/mol. The van der Waals surface area contributed by atoms with Crippen molar-refractivity contribution in [1.82, 2.24) is 9.88 Å². The summed E-state index contributed by atoms with van der Waals surface area (Å²) in [7, 11) is 0. The van der Waals surface area contributed by atoms with Gasteiger partial charge in [-0.2, -0.15) is 0 Å². The van der Waals surface area contributed by atoms with Crippen LogP contribution in [-0.4, -0.2) is 46.8 Å². The summed E-state index contributed by atoms with van der Waals surface area (Å²) in [6.45, 7) is 6.65. The lowest BCUT2D eigenvalue weighted by Crippen LogP contribution is -2.44. The third-order valence-electron chi connectivity index (χ3n) is 5.57. The molecule has 0 unspecified atom stereocenters. The summed E-state index contributed by atoms with van der Waals surface area (Å²) in [6, 6.07) is 15.2. The van der Waals surface area contributed by atoms with Crippen LogP contribution in [-0.2, 0) is 4.74 Å². The van der Waals surface area contributed by atoms with Gasteiger partial charge >= 0.3 is 12.1 Å². The summed E-state index contributed by atoms with van der Waals surface area (Å²) < 4.78 is 17.2. The van der Waals surface area contributed by atoms with E-state index < -0.39 is 11.6 Å². The number of carbonyl (C=O) groups excluding carboxylic acids is 2. The Hall–Kier alpha value is -3.98. The van der Waals surface area contributed by atoms with E-state index in [1.54, 1.807) is 71.9 Å².